The molecule has 1 aliphatic carbocycles. The first-order chi connectivity index (χ1) is 15.5. The summed E-state index contributed by atoms with van der Waals surface area (Å²) in [5.74, 6) is 0.0923. The molecule has 1 unspecified atom stereocenters. The van der Waals surface area contributed by atoms with Gasteiger partial charge in [-0.05, 0) is 60.4 Å². The molecule has 0 saturated heterocycles. The maximum absolute atomic E-state index is 13.6. The van der Waals surface area contributed by atoms with Gasteiger partial charge < -0.3 is 14.5 Å². The van der Waals surface area contributed by atoms with Crippen molar-refractivity contribution >= 4 is 46.4 Å². The summed E-state index contributed by atoms with van der Waals surface area (Å²) in [6.07, 6.45) is 4.43. The third-order valence-electron chi connectivity index (χ3n) is 6.41. The van der Waals surface area contributed by atoms with E-state index in [9.17, 15) is 9.59 Å². The Morgan fingerprint density at radius 2 is 2.03 bits per heavy atom. The summed E-state index contributed by atoms with van der Waals surface area (Å²) in [4.78, 5) is 31.5. The van der Waals surface area contributed by atoms with Crippen LogP contribution in [0.5, 0.6) is 0 Å². The summed E-state index contributed by atoms with van der Waals surface area (Å²) in [5.41, 5.74) is 1.97. The van der Waals surface area contributed by atoms with Crippen molar-refractivity contribution < 1.29 is 14.3 Å². The molecule has 8 heteroatoms. The predicted molar refractivity (Wildman–Crippen MR) is 128 cm³/mol. The highest BCUT2D eigenvalue weighted by atomic mass is 35.5. The minimum Gasteiger partial charge on any atom is -0.385 e. The van der Waals surface area contributed by atoms with Gasteiger partial charge in [0.05, 0.1) is 12.6 Å². The van der Waals surface area contributed by atoms with E-state index in [0.717, 1.165) is 36.8 Å². The van der Waals surface area contributed by atoms with E-state index in [2.05, 4.69) is 11.4 Å². The van der Waals surface area contributed by atoms with Crippen molar-refractivity contribution in [2.24, 2.45) is 5.92 Å². The highest BCUT2D eigenvalue weighted by Crippen LogP contribution is 2.41. The molecule has 1 aliphatic heterocycles. The average Bonchev–Trinajstić information content (AvgIpc) is 3.20. The summed E-state index contributed by atoms with van der Waals surface area (Å²) in [7, 11) is 1.65. The monoisotopic (exact) mass is 494 g/mol. The first-order valence-electron chi connectivity index (χ1n) is 11.1. The molecule has 0 radical (unpaired) electrons. The first kappa shape index (κ1) is 23.6. The molecule has 0 spiro atoms. The van der Waals surface area contributed by atoms with E-state index in [1.165, 1.54) is 4.88 Å². The van der Waals surface area contributed by atoms with E-state index in [0.29, 0.717) is 36.2 Å². The Balaban J connectivity index is 1.59. The number of ether oxygens (including phenoxy) is 1. The fraction of sp³-hybridized carbons (Fsp3) is 0.500. The Hall–Kier alpha value is -1.60. The average molecular weight is 495 g/mol. The Kier molecular flexibility index (Phi) is 7.77. The van der Waals surface area contributed by atoms with Gasteiger partial charge in [-0.3, -0.25) is 9.59 Å². The maximum atomic E-state index is 13.6. The highest BCUT2D eigenvalue weighted by Gasteiger charge is 2.36. The molecule has 2 aromatic rings. The number of amides is 2. The smallest absolute Gasteiger partial charge is 0.242 e. The second-order valence-electron chi connectivity index (χ2n) is 8.44. The molecule has 0 N–H and O–H groups in total. The van der Waals surface area contributed by atoms with Crippen LogP contribution in [0.4, 0.5) is 0 Å². The van der Waals surface area contributed by atoms with E-state index in [1.807, 2.05) is 17.0 Å². The molecule has 1 atom stereocenters. The second kappa shape index (κ2) is 10.6. The SMILES string of the molecule is COCCCN(CC(=O)N1CCc2sccc2C1c1ccc(Cl)cc1Cl)C(=O)C1CCC1. The van der Waals surface area contributed by atoms with Gasteiger partial charge in [-0.2, -0.15) is 0 Å². The lowest BCUT2D eigenvalue weighted by molar-refractivity contribution is -0.145. The van der Waals surface area contributed by atoms with Crippen LogP contribution < -0.4 is 0 Å². The zero-order valence-corrected chi connectivity index (χ0v) is 20.5. The highest BCUT2D eigenvalue weighted by molar-refractivity contribution is 7.10. The largest absolute Gasteiger partial charge is 0.385 e. The van der Waals surface area contributed by atoms with Gasteiger partial charge in [0, 0.05) is 47.6 Å². The Morgan fingerprint density at radius 1 is 1.22 bits per heavy atom. The number of carbonyl (C=O) groups excluding carboxylic acids is 2. The van der Waals surface area contributed by atoms with Crippen LogP contribution in [0.3, 0.4) is 0 Å². The van der Waals surface area contributed by atoms with Crippen molar-refractivity contribution in [1.82, 2.24) is 9.80 Å². The zero-order valence-electron chi connectivity index (χ0n) is 18.2. The number of hydrogen-bond donors (Lipinski definition) is 0. The van der Waals surface area contributed by atoms with E-state index in [4.69, 9.17) is 27.9 Å². The van der Waals surface area contributed by atoms with Crippen molar-refractivity contribution in [1.29, 1.82) is 0 Å². The Bertz CT molecular complexity index is 976. The number of nitrogens with zero attached hydrogens (tertiary/aromatic N) is 2. The van der Waals surface area contributed by atoms with Gasteiger partial charge in [-0.15, -0.1) is 11.3 Å². The molecule has 1 aromatic carbocycles. The number of thiophene rings is 1. The van der Waals surface area contributed by atoms with E-state index in [1.54, 1.807) is 29.4 Å². The van der Waals surface area contributed by atoms with Crippen molar-refractivity contribution in [3.05, 3.63) is 55.7 Å². The van der Waals surface area contributed by atoms with Gasteiger partial charge >= 0.3 is 0 Å². The fourth-order valence-electron chi connectivity index (χ4n) is 4.48. The summed E-state index contributed by atoms with van der Waals surface area (Å²) in [5, 5.41) is 3.17. The van der Waals surface area contributed by atoms with Gasteiger partial charge in [0.1, 0.15) is 0 Å². The number of benzene rings is 1. The lowest BCUT2D eigenvalue weighted by atomic mass is 9.84. The molecule has 172 valence electrons. The minimum absolute atomic E-state index is 0.0525. The van der Waals surface area contributed by atoms with Crippen LogP contribution in [0.15, 0.2) is 29.6 Å². The standard InChI is InChI=1S/C24H28Cl2N2O3S/c1-31-12-3-10-27(24(30)16-4-2-5-16)15-22(29)28-11-8-21-19(9-13-32-21)23(28)18-7-6-17(25)14-20(18)26/h6-7,9,13-14,16,23H,2-5,8,10-12,15H2,1H3. The summed E-state index contributed by atoms with van der Waals surface area (Å²) < 4.78 is 5.16. The normalized spacial score (nSPS) is 18.2. The number of carbonyl (C=O) groups is 2. The summed E-state index contributed by atoms with van der Waals surface area (Å²) >= 11 is 14.4. The molecule has 2 amide bonds. The number of halogens is 2. The number of methoxy groups -OCH3 is 1. The van der Waals surface area contributed by atoms with Crippen LogP contribution >= 0.6 is 34.5 Å². The molecular formula is C24H28Cl2N2O3S. The molecule has 32 heavy (non-hydrogen) atoms. The number of fused-ring (bicyclic) bond motifs is 1. The van der Waals surface area contributed by atoms with Crippen LogP contribution in [-0.4, -0.2) is 55.0 Å². The van der Waals surface area contributed by atoms with Crippen LogP contribution in [0.2, 0.25) is 10.0 Å². The third kappa shape index (κ3) is 4.98. The van der Waals surface area contributed by atoms with Gasteiger partial charge in [-0.1, -0.05) is 35.7 Å². The molecule has 2 aliphatic rings. The predicted octanol–water partition coefficient (Wildman–Crippen LogP) is 5.19. The van der Waals surface area contributed by atoms with Crippen LogP contribution in [0.1, 0.15) is 47.7 Å². The van der Waals surface area contributed by atoms with Gasteiger partial charge in [0.2, 0.25) is 11.8 Å². The van der Waals surface area contributed by atoms with Crippen molar-refractivity contribution in [3.8, 4) is 0 Å². The first-order valence-corrected chi connectivity index (χ1v) is 12.7. The lowest BCUT2D eigenvalue weighted by Gasteiger charge is -2.39. The van der Waals surface area contributed by atoms with Gasteiger partial charge in [0.15, 0.2) is 0 Å². The molecule has 1 fully saturated rings. The lowest BCUT2D eigenvalue weighted by Crippen LogP contribution is -2.49. The molecule has 1 saturated carbocycles. The topological polar surface area (TPSA) is 49.9 Å². The molecule has 1 aromatic heterocycles. The molecule has 4 rings (SSSR count). The molecule has 0 bridgehead atoms. The van der Waals surface area contributed by atoms with E-state index < -0.39 is 0 Å². The van der Waals surface area contributed by atoms with Crippen molar-refractivity contribution in [2.75, 3.05) is 33.4 Å². The zero-order chi connectivity index (χ0) is 22.7. The van der Waals surface area contributed by atoms with Gasteiger partial charge in [0.25, 0.3) is 0 Å². The second-order valence-corrected chi connectivity index (χ2v) is 10.3. The van der Waals surface area contributed by atoms with Crippen molar-refractivity contribution in [3.63, 3.8) is 0 Å². The minimum atomic E-state index is -0.276. The van der Waals surface area contributed by atoms with E-state index >= 15 is 0 Å². The fourth-order valence-corrected chi connectivity index (χ4v) is 5.89. The maximum Gasteiger partial charge on any atom is 0.242 e. The number of rotatable bonds is 8. The third-order valence-corrected chi connectivity index (χ3v) is 7.97. The van der Waals surface area contributed by atoms with Gasteiger partial charge in [-0.25, -0.2) is 0 Å². The van der Waals surface area contributed by atoms with Crippen LogP contribution in [0.25, 0.3) is 0 Å². The quantitative estimate of drug-likeness (QED) is 0.474. The summed E-state index contributed by atoms with van der Waals surface area (Å²) in [6.45, 7) is 1.77. The molecule has 5 nitrogen and oxygen atoms in total. The summed E-state index contributed by atoms with van der Waals surface area (Å²) in [6, 6.07) is 7.23. The van der Waals surface area contributed by atoms with E-state index in [-0.39, 0.29) is 30.3 Å². The Labute approximate surface area is 203 Å². The van der Waals surface area contributed by atoms with Crippen LogP contribution in [-0.2, 0) is 20.7 Å². The number of hydrogen-bond acceptors (Lipinski definition) is 4. The molecular weight excluding hydrogens is 467 g/mol. The molecule has 2 heterocycles. The van der Waals surface area contributed by atoms with Crippen LogP contribution in [0, 0.1) is 5.92 Å². The Morgan fingerprint density at radius 3 is 2.72 bits per heavy atom. The van der Waals surface area contributed by atoms with Crippen molar-refractivity contribution in [2.45, 2.75) is 38.1 Å².